The van der Waals surface area contributed by atoms with Crippen molar-refractivity contribution in [3.8, 4) is 0 Å². The van der Waals surface area contributed by atoms with Gasteiger partial charge in [0.15, 0.2) is 0 Å². The van der Waals surface area contributed by atoms with E-state index in [1.807, 2.05) is 0 Å². The van der Waals surface area contributed by atoms with Gasteiger partial charge in [0.1, 0.15) is 0 Å². The number of hydrogen-bond donors (Lipinski definition) is 1. The van der Waals surface area contributed by atoms with Gasteiger partial charge in [0.05, 0.1) is 6.61 Å². The van der Waals surface area contributed by atoms with Crippen LogP contribution in [0.2, 0.25) is 0 Å². The average Bonchev–Trinajstić information content (AvgIpc) is 2.76. The standard InChI is InChI=1S/C10H19NOS/c1-11-10(8-4-5-12-7-8)9-3-2-6-13-9/h8-11H,2-7H2,1H3. The number of hydrogen-bond acceptors (Lipinski definition) is 3. The summed E-state index contributed by atoms with van der Waals surface area (Å²) in [5, 5.41) is 4.33. The summed E-state index contributed by atoms with van der Waals surface area (Å²) in [6.45, 7) is 1.95. The van der Waals surface area contributed by atoms with E-state index in [-0.39, 0.29) is 0 Å². The fourth-order valence-corrected chi connectivity index (χ4v) is 3.98. The maximum atomic E-state index is 5.45. The SMILES string of the molecule is CNC(C1CCOC1)C1CCCS1. The summed E-state index contributed by atoms with van der Waals surface area (Å²) in [7, 11) is 2.10. The van der Waals surface area contributed by atoms with Gasteiger partial charge in [-0.3, -0.25) is 0 Å². The van der Waals surface area contributed by atoms with Crippen LogP contribution in [0.25, 0.3) is 0 Å². The predicted molar refractivity (Wildman–Crippen MR) is 57.3 cm³/mol. The van der Waals surface area contributed by atoms with E-state index >= 15 is 0 Å². The van der Waals surface area contributed by atoms with Crippen LogP contribution in [-0.4, -0.2) is 37.3 Å². The molecule has 1 N–H and O–H groups in total. The van der Waals surface area contributed by atoms with Crippen molar-refractivity contribution in [2.24, 2.45) is 5.92 Å². The molecule has 0 aromatic rings. The van der Waals surface area contributed by atoms with E-state index in [9.17, 15) is 0 Å². The van der Waals surface area contributed by atoms with Crippen molar-refractivity contribution in [3.63, 3.8) is 0 Å². The molecule has 76 valence electrons. The molecule has 2 aliphatic rings. The van der Waals surface area contributed by atoms with Crippen LogP contribution in [0.3, 0.4) is 0 Å². The number of thioether (sulfide) groups is 1. The van der Waals surface area contributed by atoms with Gasteiger partial charge < -0.3 is 10.1 Å². The third-order valence-corrected chi connectivity index (χ3v) is 4.65. The summed E-state index contributed by atoms with van der Waals surface area (Å²) in [6, 6.07) is 0.690. The van der Waals surface area contributed by atoms with Crippen LogP contribution in [0, 0.1) is 5.92 Å². The minimum absolute atomic E-state index is 0.690. The van der Waals surface area contributed by atoms with Crippen LogP contribution in [0.15, 0.2) is 0 Å². The Hall–Kier alpha value is 0.270. The second kappa shape index (κ2) is 4.67. The molecule has 2 rings (SSSR count). The van der Waals surface area contributed by atoms with Gasteiger partial charge in [-0.15, -0.1) is 0 Å². The summed E-state index contributed by atoms with van der Waals surface area (Å²) in [6.07, 6.45) is 4.05. The normalized spacial score (nSPS) is 36.7. The quantitative estimate of drug-likeness (QED) is 0.748. The second-order valence-corrected chi connectivity index (χ2v) is 5.34. The van der Waals surface area contributed by atoms with E-state index < -0.39 is 0 Å². The molecule has 3 unspecified atom stereocenters. The highest BCUT2D eigenvalue weighted by Crippen LogP contribution is 2.33. The molecule has 0 aliphatic carbocycles. The van der Waals surface area contributed by atoms with Crippen molar-refractivity contribution < 1.29 is 4.74 Å². The van der Waals surface area contributed by atoms with E-state index in [2.05, 4.69) is 24.1 Å². The first-order chi connectivity index (χ1) is 6.42. The van der Waals surface area contributed by atoms with Crippen molar-refractivity contribution in [2.75, 3.05) is 26.0 Å². The first kappa shape index (κ1) is 9.81. The molecule has 3 atom stereocenters. The highest BCUT2D eigenvalue weighted by molar-refractivity contribution is 8.00. The largest absolute Gasteiger partial charge is 0.381 e. The third-order valence-electron chi connectivity index (χ3n) is 3.17. The molecule has 3 heteroatoms. The molecule has 2 aliphatic heterocycles. The van der Waals surface area contributed by atoms with Gasteiger partial charge in [0.25, 0.3) is 0 Å². The van der Waals surface area contributed by atoms with E-state index in [1.54, 1.807) is 0 Å². The Morgan fingerprint density at radius 3 is 2.92 bits per heavy atom. The first-order valence-corrected chi connectivity index (χ1v) is 6.33. The molecule has 0 aromatic carbocycles. The van der Waals surface area contributed by atoms with Crippen molar-refractivity contribution in [2.45, 2.75) is 30.6 Å². The van der Waals surface area contributed by atoms with Crippen LogP contribution in [0.4, 0.5) is 0 Å². The minimum atomic E-state index is 0.690. The first-order valence-electron chi connectivity index (χ1n) is 5.28. The zero-order chi connectivity index (χ0) is 9.10. The zero-order valence-corrected chi connectivity index (χ0v) is 9.11. The number of rotatable bonds is 3. The van der Waals surface area contributed by atoms with Gasteiger partial charge in [-0.05, 0) is 32.1 Å². The molecule has 13 heavy (non-hydrogen) atoms. The van der Waals surface area contributed by atoms with Crippen LogP contribution < -0.4 is 5.32 Å². The highest BCUT2D eigenvalue weighted by Gasteiger charge is 2.32. The van der Waals surface area contributed by atoms with Gasteiger partial charge in [0.2, 0.25) is 0 Å². The molecule has 0 amide bonds. The summed E-state index contributed by atoms with van der Waals surface area (Å²) in [4.78, 5) is 0. The smallest absolute Gasteiger partial charge is 0.0510 e. The summed E-state index contributed by atoms with van der Waals surface area (Å²) < 4.78 is 5.45. The topological polar surface area (TPSA) is 21.3 Å². The Morgan fingerprint density at radius 1 is 1.46 bits per heavy atom. The average molecular weight is 201 g/mol. The van der Waals surface area contributed by atoms with Crippen molar-refractivity contribution in [1.82, 2.24) is 5.32 Å². The predicted octanol–water partition coefficient (Wildman–Crippen LogP) is 1.51. The van der Waals surface area contributed by atoms with Crippen LogP contribution in [0.1, 0.15) is 19.3 Å². The Morgan fingerprint density at radius 2 is 2.38 bits per heavy atom. The number of ether oxygens (including phenoxy) is 1. The van der Waals surface area contributed by atoms with Crippen molar-refractivity contribution in [1.29, 1.82) is 0 Å². The van der Waals surface area contributed by atoms with Crippen LogP contribution >= 0.6 is 11.8 Å². The molecule has 2 heterocycles. The van der Waals surface area contributed by atoms with Crippen molar-refractivity contribution >= 4 is 11.8 Å². The summed E-state index contributed by atoms with van der Waals surface area (Å²) >= 11 is 2.14. The van der Waals surface area contributed by atoms with Gasteiger partial charge in [-0.1, -0.05) is 0 Å². The van der Waals surface area contributed by atoms with E-state index in [0.717, 1.165) is 24.4 Å². The Kier molecular flexibility index (Phi) is 3.52. The molecule has 0 spiro atoms. The molecule has 2 nitrogen and oxygen atoms in total. The van der Waals surface area contributed by atoms with Crippen molar-refractivity contribution in [3.05, 3.63) is 0 Å². The highest BCUT2D eigenvalue weighted by atomic mass is 32.2. The Balaban J connectivity index is 1.90. The van der Waals surface area contributed by atoms with Crippen LogP contribution in [-0.2, 0) is 4.74 Å². The lowest BCUT2D eigenvalue weighted by Crippen LogP contribution is -2.41. The Bertz CT molecular complexity index is 137. The maximum Gasteiger partial charge on any atom is 0.0510 e. The third kappa shape index (κ3) is 2.20. The maximum absolute atomic E-state index is 5.45. The van der Waals surface area contributed by atoms with Gasteiger partial charge in [0, 0.05) is 23.8 Å². The number of nitrogens with one attached hydrogen (secondary N) is 1. The lowest BCUT2D eigenvalue weighted by Gasteiger charge is -2.27. The fraction of sp³-hybridized carbons (Fsp3) is 1.00. The molecule has 0 radical (unpaired) electrons. The molecule has 0 bridgehead atoms. The molecular weight excluding hydrogens is 182 g/mol. The van der Waals surface area contributed by atoms with Gasteiger partial charge in [-0.2, -0.15) is 11.8 Å². The lowest BCUT2D eigenvalue weighted by molar-refractivity contribution is 0.177. The molecule has 0 saturated carbocycles. The van der Waals surface area contributed by atoms with Crippen LogP contribution in [0.5, 0.6) is 0 Å². The van der Waals surface area contributed by atoms with E-state index in [4.69, 9.17) is 4.74 Å². The van der Waals surface area contributed by atoms with Gasteiger partial charge >= 0.3 is 0 Å². The second-order valence-electron chi connectivity index (χ2n) is 3.99. The minimum Gasteiger partial charge on any atom is -0.381 e. The zero-order valence-electron chi connectivity index (χ0n) is 8.29. The van der Waals surface area contributed by atoms with E-state index in [1.165, 1.54) is 25.0 Å². The molecule has 2 saturated heterocycles. The van der Waals surface area contributed by atoms with E-state index in [0.29, 0.717) is 6.04 Å². The Labute approximate surface area is 84.8 Å². The molecule has 2 fully saturated rings. The monoisotopic (exact) mass is 201 g/mol. The molecule has 0 aromatic heterocycles. The fourth-order valence-electron chi connectivity index (χ4n) is 2.45. The van der Waals surface area contributed by atoms with Gasteiger partial charge in [-0.25, -0.2) is 0 Å². The lowest BCUT2D eigenvalue weighted by atomic mass is 9.94. The summed E-state index contributed by atoms with van der Waals surface area (Å²) in [5.41, 5.74) is 0. The molecular formula is C10H19NOS. The summed E-state index contributed by atoms with van der Waals surface area (Å²) in [5.74, 6) is 2.12.